The summed E-state index contributed by atoms with van der Waals surface area (Å²) in [6.07, 6.45) is 1.71. The molecule has 1 unspecified atom stereocenters. The third-order valence-electron chi connectivity index (χ3n) is 3.94. The van der Waals surface area contributed by atoms with E-state index in [-0.39, 0.29) is 5.75 Å². The van der Waals surface area contributed by atoms with Gasteiger partial charge in [0.15, 0.2) is 17.4 Å². The van der Waals surface area contributed by atoms with Gasteiger partial charge in [-0.1, -0.05) is 11.6 Å². The van der Waals surface area contributed by atoms with E-state index >= 15 is 0 Å². The van der Waals surface area contributed by atoms with Crippen molar-refractivity contribution in [2.45, 2.75) is 11.8 Å². The third kappa shape index (κ3) is 7.32. The molecule has 1 atom stereocenters. The van der Waals surface area contributed by atoms with E-state index in [0.29, 0.717) is 23.5 Å². The molecule has 2 aromatic carbocycles. The van der Waals surface area contributed by atoms with E-state index in [0.717, 1.165) is 12.1 Å². The van der Waals surface area contributed by atoms with Crippen molar-refractivity contribution in [3.63, 3.8) is 0 Å². The fourth-order valence-corrected chi connectivity index (χ4v) is 3.40. The van der Waals surface area contributed by atoms with Crippen LogP contribution in [0.1, 0.15) is 12.5 Å². The molecule has 0 saturated heterocycles. The first kappa shape index (κ1) is 23.2. The lowest BCUT2D eigenvalue weighted by Crippen LogP contribution is -2.27. The van der Waals surface area contributed by atoms with Crippen LogP contribution in [0.5, 0.6) is 11.5 Å². The number of nitrogens with one attached hydrogen (secondary N) is 2. The summed E-state index contributed by atoms with van der Waals surface area (Å²) in [7, 11) is 4.30. The smallest absolute Gasteiger partial charge is 0.198 e. The zero-order chi connectivity index (χ0) is 21.4. The Kier molecular flexibility index (Phi) is 8.91. The lowest BCUT2D eigenvalue weighted by atomic mass is 10.1. The molecule has 0 bridgehead atoms. The summed E-state index contributed by atoms with van der Waals surface area (Å²) in [5.41, 5.74) is 1.37. The van der Waals surface area contributed by atoms with Crippen LogP contribution in [0.4, 0.5) is 8.78 Å². The number of rotatable bonds is 10. The van der Waals surface area contributed by atoms with E-state index < -0.39 is 28.4 Å². The predicted octanol–water partition coefficient (Wildman–Crippen LogP) is 3.55. The van der Waals surface area contributed by atoms with Crippen molar-refractivity contribution in [3.05, 3.63) is 59.2 Å². The Hall–Kier alpha value is -2.13. The molecule has 0 heterocycles. The van der Waals surface area contributed by atoms with Crippen LogP contribution in [0.15, 0.2) is 46.9 Å². The summed E-state index contributed by atoms with van der Waals surface area (Å²) in [4.78, 5) is 2.53. The van der Waals surface area contributed by atoms with Gasteiger partial charge in [-0.3, -0.25) is 0 Å². The molecule has 0 fully saturated rings. The van der Waals surface area contributed by atoms with Crippen LogP contribution in [0.25, 0.3) is 6.08 Å². The van der Waals surface area contributed by atoms with Crippen molar-refractivity contribution in [1.82, 2.24) is 14.9 Å². The van der Waals surface area contributed by atoms with Gasteiger partial charge in [0.2, 0.25) is 0 Å². The molecular formula is C21H27F2N3O2S. The molecule has 0 aliphatic carbocycles. The Bertz CT molecular complexity index is 848. The van der Waals surface area contributed by atoms with Gasteiger partial charge in [0, 0.05) is 19.6 Å². The summed E-state index contributed by atoms with van der Waals surface area (Å²) in [6, 6.07) is 8.73. The van der Waals surface area contributed by atoms with Gasteiger partial charge in [-0.05, 0) is 70.0 Å². The van der Waals surface area contributed by atoms with Gasteiger partial charge in [0.1, 0.15) is 16.7 Å². The Labute approximate surface area is 173 Å². The number of hydrogen-bond acceptors (Lipinski definition) is 4. The molecule has 0 aliphatic rings. The molecule has 158 valence electrons. The van der Waals surface area contributed by atoms with Crippen LogP contribution < -0.4 is 14.8 Å². The van der Waals surface area contributed by atoms with Crippen LogP contribution in [0.2, 0.25) is 0 Å². The second kappa shape index (κ2) is 11.2. The van der Waals surface area contributed by atoms with Gasteiger partial charge in [-0.2, -0.15) is 0 Å². The minimum Gasteiger partial charge on any atom is -0.451 e. The zero-order valence-electron chi connectivity index (χ0n) is 17.1. The van der Waals surface area contributed by atoms with E-state index in [4.69, 9.17) is 4.74 Å². The highest BCUT2D eigenvalue weighted by atomic mass is 32.2. The van der Waals surface area contributed by atoms with E-state index in [9.17, 15) is 13.0 Å². The van der Waals surface area contributed by atoms with Crippen molar-refractivity contribution in [2.75, 3.05) is 40.8 Å². The highest BCUT2D eigenvalue weighted by Gasteiger charge is 2.14. The van der Waals surface area contributed by atoms with Crippen LogP contribution in [0.3, 0.4) is 0 Å². The van der Waals surface area contributed by atoms with Crippen LogP contribution >= 0.6 is 0 Å². The minimum atomic E-state index is -1.37. The molecule has 0 aliphatic heterocycles. The van der Waals surface area contributed by atoms with Crippen LogP contribution in [0, 0.1) is 11.6 Å². The fourth-order valence-electron chi connectivity index (χ4n) is 2.57. The number of nitrogens with zero attached hydrogens (tertiary/aromatic N) is 1. The van der Waals surface area contributed by atoms with Crippen LogP contribution in [-0.2, 0) is 11.0 Å². The van der Waals surface area contributed by atoms with Gasteiger partial charge >= 0.3 is 0 Å². The molecule has 2 aromatic rings. The molecule has 8 heteroatoms. The summed E-state index contributed by atoms with van der Waals surface area (Å²) >= 11 is 0. The largest absolute Gasteiger partial charge is 0.451 e. The number of ether oxygens (including phenoxy) is 1. The van der Waals surface area contributed by atoms with Crippen LogP contribution in [-0.4, -0.2) is 49.9 Å². The van der Waals surface area contributed by atoms with Crippen molar-refractivity contribution in [3.8, 4) is 11.5 Å². The lowest BCUT2D eigenvalue weighted by Gasteiger charge is -2.11. The van der Waals surface area contributed by atoms with E-state index in [1.165, 1.54) is 24.3 Å². The van der Waals surface area contributed by atoms with Gasteiger partial charge in [-0.25, -0.2) is 17.7 Å². The van der Waals surface area contributed by atoms with E-state index in [1.54, 1.807) is 25.3 Å². The van der Waals surface area contributed by atoms with Gasteiger partial charge in [0.05, 0.1) is 4.90 Å². The van der Waals surface area contributed by atoms with Gasteiger partial charge in [0.25, 0.3) is 0 Å². The Balaban J connectivity index is 2.08. The number of likely N-dealkylation sites (N-methyl/N-ethyl adjacent to an activating group) is 2. The standard InChI is InChI=1S/C21H27F2N3O2S/c1-15(14-24-2)11-16-12-19(22)21(20(23)13-16)28-17-5-7-18(8-6-17)29(27)25-9-10-26(3)4/h5-8,11-13,24-25H,9-10,14H2,1-4H3/b15-11+. The summed E-state index contributed by atoms with van der Waals surface area (Å²) in [5, 5.41) is 2.98. The third-order valence-corrected chi connectivity index (χ3v) is 5.11. The van der Waals surface area contributed by atoms with Crippen molar-refractivity contribution < 1.29 is 17.7 Å². The normalized spacial score (nSPS) is 13.0. The Morgan fingerprint density at radius 3 is 2.34 bits per heavy atom. The number of benzene rings is 2. The fraction of sp³-hybridized carbons (Fsp3) is 0.333. The highest BCUT2D eigenvalue weighted by molar-refractivity contribution is 7.83. The molecule has 2 N–H and O–H groups in total. The summed E-state index contributed by atoms with van der Waals surface area (Å²) in [6.45, 7) is 3.82. The molecule has 0 amide bonds. The SMILES string of the molecule is CNC/C(C)=C/c1cc(F)c(Oc2ccc(S(=O)NCCN(C)C)cc2)c(F)c1. The van der Waals surface area contributed by atoms with E-state index in [1.807, 2.05) is 25.9 Å². The predicted molar refractivity (Wildman–Crippen MR) is 113 cm³/mol. The number of hydrogen-bond donors (Lipinski definition) is 2. The molecule has 0 radical (unpaired) electrons. The maximum atomic E-state index is 14.4. The molecule has 0 saturated carbocycles. The maximum absolute atomic E-state index is 14.4. The van der Waals surface area contributed by atoms with Gasteiger partial charge in [-0.15, -0.1) is 0 Å². The lowest BCUT2D eigenvalue weighted by molar-refractivity contribution is 0.407. The second-order valence-electron chi connectivity index (χ2n) is 6.87. The monoisotopic (exact) mass is 423 g/mol. The molecule has 5 nitrogen and oxygen atoms in total. The quantitative estimate of drug-likeness (QED) is 0.614. The Morgan fingerprint density at radius 2 is 1.79 bits per heavy atom. The molecular weight excluding hydrogens is 396 g/mol. The average Bonchev–Trinajstić information content (AvgIpc) is 2.65. The molecule has 29 heavy (non-hydrogen) atoms. The zero-order valence-corrected chi connectivity index (χ0v) is 17.9. The first-order valence-corrected chi connectivity index (χ1v) is 10.3. The first-order valence-electron chi connectivity index (χ1n) is 9.19. The summed E-state index contributed by atoms with van der Waals surface area (Å²) in [5.74, 6) is -1.78. The van der Waals surface area contributed by atoms with Crippen molar-refractivity contribution in [2.24, 2.45) is 0 Å². The number of halogens is 2. The van der Waals surface area contributed by atoms with Gasteiger partial charge < -0.3 is 15.0 Å². The van der Waals surface area contributed by atoms with Crippen molar-refractivity contribution >= 4 is 17.1 Å². The molecule has 0 aromatic heterocycles. The van der Waals surface area contributed by atoms with E-state index in [2.05, 4.69) is 10.0 Å². The summed E-state index contributed by atoms with van der Waals surface area (Å²) < 4.78 is 49.2. The highest BCUT2D eigenvalue weighted by Crippen LogP contribution is 2.29. The van der Waals surface area contributed by atoms with Crippen molar-refractivity contribution in [1.29, 1.82) is 0 Å². The molecule has 0 spiro atoms. The maximum Gasteiger partial charge on any atom is 0.198 e. The topological polar surface area (TPSA) is 53.6 Å². The average molecular weight is 424 g/mol. The second-order valence-corrected chi connectivity index (χ2v) is 8.17. The minimum absolute atomic E-state index is 0.256. The molecule has 2 rings (SSSR count). The Morgan fingerprint density at radius 1 is 1.17 bits per heavy atom. The first-order chi connectivity index (χ1) is 13.8.